The number of nitrogens with one attached hydrogen (secondary N) is 2. The molecule has 17 heavy (non-hydrogen) atoms. The summed E-state index contributed by atoms with van der Waals surface area (Å²) in [5, 5.41) is 5.96. The van der Waals surface area contributed by atoms with Crippen LogP contribution in [0.15, 0.2) is 18.2 Å². The fourth-order valence-electron chi connectivity index (χ4n) is 1.71. The molecule has 1 aromatic carbocycles. The largest absolute Gasteiger partial charge is 0.344 e. The molecule has 0 radical (unpaired) electrons. The third-order valence-corrected chi connectivity index (χ3v) is 3.16. The Morgan fingerprint density at radius 3 is 2.88 bits per heavy atom. The van der Waals surface area contributed by atoms with Crippen LogP contribution in [0.2, 0.25) is 5.02 Å². The second-order valence-corrected chi connectivity index (χ2v) is 4.52. The van der Waals surface area contributed by atoms with Crippen LogP contribution >= 0.6 is 11.6 Å². The van der Waals surface area contributed by atoms with Gasteiger partial charge in [-0.3, -0.25) is 9.59 Å². The Bertz CT molecular complexity index is 474. The molecule has 2 N–H and O–H groups in total. The van der Waals surface area contributed by atoms with Crippen LogP contribution < -0.4 is 10.6 Å². The van der Waals surface area contributed by atoms with Crippen molar-refractivity contribution in [1.29, 1.82) is 0 Å². The highest BCUT2D eigenvalue weighted by atomic mass is 35.5. The molecular weight excluding hydrogens is 240 g/mol. The lowest BCUT2D eigenvalue weighted by Gasteiger charge is -2.11. The quantitative estimate of drug-likeness (QED) is 0.844. The zero-order valence-electron chi connectivity index (χ0n) is 9.42. The van der Waals surface area contributed by atoms with Crippen molar-refractivity contribution in [3.63, 3.8) is 0 Å². The molecule has 0 bridgehead atoms. The number of anilines is 1. The fourth-order valence-corrected chi connectivity index (χ4v) is 1.89. The molecule has 2 amide bonds. The minimum absolute atomic E-state index is 0.0768. The molecule has 0 aliphatic carbocycles. The van der Waals surface area contributed by atoms with Crippen LogP contribution in [0.3, 0.4) is 0 Å². The van der Waals surface area contributed by atoms with E-state index in [9.17, 15) is 9.59 Å². The molecule has 1 fully saturated rings. The highest BCUT2D eigenvalue weighted by Gasteiger charge is 2.27. The van der Waals surface area contributed by atoms with E-state index in [0.29, 0.717) is 23.6 Å². The lowest BCUT2D eigenvalue weighted by atomic mass is 10.2. The first-order chi connectivity index (χ1) is 8.06. The van der Waals surface area contributed by atoms with Crippen LogP contribution in [0.25, 0.3) is 0 Å². The second-order valence-electron chi connectivity index (χ2n) is 4.11. The molecule has 90 valence electrons. The van der Waals surface area contributed by atoms with E-state index in [2.05, 4.69) is 10.6 Å². The Hall–Kier alpha value is -1.55. The van der Waals surface area contributed by atoms with E-state index in [-0.39, 0.29) is 11.8 Å². The van der Waals surface area contributed by atoms with Crippen LogP contribution in [0.4, 0.5) is 5.69 Å². The SMILES string of the molecule is Cc1ccc(NC(=O)[C@@H]2CCC(=O)N2)cc1Cl. The summed E-state index contributed by atoms with van der Waals surface area (Å²) in [4.78, 5) is 22.8. The molecule has 1 aliphatic heterocycles. The predicted molar refractivity (Wildman–Crippen MR) is 66.0 cm³/mol. The maximum Gasteiger partial charge on any atom is 0.246 e. The Labute approximate surface area is 104 Å². The molecule has 2 rings (SSSR count). The summed E-state index contributed by atoms with van der Waals surface area (Å²) in [7, 11) is 0. The first kappa shape index (κ1) is 11.9. The summed E-state index contributed by atoms with van der Waals surface area (Å²) >= 11 is 5.96. The molecule has 0 saturated carbocycles. The van der Waals surface area contributed by atoms with Crippen molar-refractivity contribution in [3.05, 3.63) is 28.8 Å². The van der Waals surface area contributed by atoms with Crippen LogP contribution in [0.1, 0.15) is 18.4 Å². The monoisotopic (exact) mass is 252 g/mol. The Morgan fingerprint density at radius 2 is 2.29 bits per heavy atom. The van der Waals surface area contributed by atoms with Crippen molar-refractivity contribution < 1.29 is 9.59 Å². The van der Waals surface area contributed by atoms with Gasteiger partial charge in [-0.1, -0.05) is 17.7 Å². The van der Waals surface area contributed by atoms with E-state index in [4.69, 9.17) is 11.6 Å². The molecule has 1 aromatic rings. The van der Waals surface area contributed by atoms with Gasteiger partial charge in [0.05, 0.1) is 0 Å². The summed E-state index contributed by atoms with van der Waals surface area (Å²) in [6, 6.07) is 4.90. The third-order valence-electron chi connectivity index (χ3n) is 2.75. The van der Waals surface area contributed by atoms with Crippen molar-refractivity contribution in [2.75, 3.05) is 5.32 Å². The lowest BCUT2D eigenvalue weighted by Crippen LogP contribution is -2.37. The number of carbonyl (C=O) groups is 2. The molecule has 5 heteroatoms. The average molecular weight is 253 g/mol. The minimum Gasteiger partial charge on any atom is -0.344 e. The summed E-state index contributed by atoms with van der Waals surface area (Å²) in [6.07, 6.45) is 0.955. The number of amides is 2. The van der Waals surface area contributed by atoms with Crippen LogP contribution in [-0.4, -0.2) is 17.9 Å². The molecule has 0 unspecified atom stereocenters. The van der Waals surface area contributed by atoms with Crippen LogP contribution in [0, 0.1) is 6.92 Å². The Balaban J connectivity index is 2.03. The fraction of sp³-hybridized carbons (Fsp3) is 0.333. The molecule has 4 nitrogen and oxygen atoms in total. The van der Waals surface area contributed by atoms with E-state index >= 15 is 0 Å². The molecule has 0 spiro atoms. The van der Waals surface area contributed by atoms with Gasteiger partial charge in [-0.25, -0.2) is 0 Å². The smallest absolute Gasteiger partial charge is 0.246 e. The van der Waals surface area contributed by atoms with Gasteiger partial charge in [0.25, 0.3) is 0 Å². The lowest BCUT2D eigenvalue weighted by molar-refractivity contribution is -0.122. The normalized spacial score (nSPS) is 18.9. The highest BCUT2D eigenvalue weighted by molar-refractivity contribution is 6.31. The number of halogens is 1. The number of aryl methyl sites for hydroxylation is 1. The predicted octanol–water partition coefficient (Wildman–Crippen LogP) is 1.87. The van der Waals surface area contributed by atoms with Gasteiger partial charge in [0.2, 0.25) is 11.8 Å². The summed E-state index contributed by atoms with van der Waals surface area (Å²) in [5.74, 6) is -0.275. The van der Waals surface area contributed by atoms with Crippen molar-refractivity contribution in [2.24, 2.45) is 0 Å². The first-order valence-electron chi connectivity index (χ1n) is 5.42. The number of hydrogen-bond acceptors (Lipinski definition) is 2. The number of rotatable bonds is 2. The van der Waals surface area contributed by atoms with E-state index in [1.54, 1.807) is 12.1 Å². The standard InChI is InChI=1S/C12H13ClN2O2/c1-7-2-3-8(6-9(7)13)14-12(17)10-4-5-11(16)15-10/h2-3,6,10H,4-5H2,1H3,(H,14,17)(H,15,16)/t10-/m0/s1. The number of benzene rings is 1. The van der Waals surface area contributed by atoms with E-state index in [1.165, 1.54) is 0 Å². The van der Waals surface area contributed by atoms with E-state index < -0.39 is 6.04 Å². The van der Waals surface area contributed by atoms with E-state index in [0.717, 1.165) is 5.56 Å². The number of carbonyl (C=O) groups excluding carboxylic acids is 2. The minimum atomic E-state index is -0.428. The molecule has 1 heterocycles. The van der Waals surface area contributed by atoms with Crippen molar-refractivity contribution in [1.82, 2.24) is 5.32 Å². The molecule has 0 aromatic heterocycles. The summed E-state index contributed by atoms with van der Waals surface area (Å²) in [5.41, 5.74) is 1.60. The molecule has 1 atom stereocenters. The van der Waals surface area contributed by atoms with Gasteiger partial charge >= 0.3 is 0 Å². The van der Waals surface area contributed by atoms with E-state index in [1.807, 2.05) is 13.0 Å². The van der Waals surface area contributed by atoms with Crippen molar-refractivity contribution in [3.8, 4) is 0 Å². The Morgan fingerprint density at radius 1 is 1.53 bits per heavy atom. The van der Waals surface area contributed by atoms with Crippen molar-refractivity contribution >= 4 is 29.1 Å². The molecular formula is C12H13ClN2O2. The van der Waals surface area contributed by atoms with Gasteiger partial charge in [0, 0.05) is 17.1 Å². The van der Waals surface area contributed by atoms with Gasteiger partial charge < -0.3 is 10.6 Å². The maximum absolute atomic E-state index is 11.8. The summed E-state index contributed by atoms with van der Waals surface area (Å²) < 4.78 is 0. The third kappa shape index (κ3) is 2.77. The van der Waals surface area contributed by atoms with Gasteiger partial charge in [-0.05, 0) is 31.0 Å². The molecule has 1 saturated heterocycles. The highest BCUT2D eigenvalue weighted by Crippen LogP contribution is 2.20. The topological polar surface area (TPSA) is 58.2 Å². The van der Waals surface area contributed by atoms with Crippen LogP contribution in [0.5, 0.6) is 0 Å². The van der Waals surface area contributed by atoms with Gasteiger partial charge in [0.15, 0.2) is 0 Å². The number of hydrogen-bond donors (Lipinski definition) is 2. The summed E-state index contributed by atoms with van der Waals surface area (Å²) in [6.45, 7) is 1.89. The zero-order chi connectivity index (χ0) is 12.4. The maximum atomic E-state index is 11.8. The van der Waals surface area contributed by atoms with Crippen molar-refractivity contribution in [2.45, 2.75) is 25.8 Å². The second kappa shape index (κ2) is 4.75. The molecule has 1 aliphatic rings. The average Bonchev–Trinajstić information content (AvgIpc) is 2.70. The van der Waals surface area contributed by atoms with Gasteiger partial charge in [-0.2, -0.15) is 0 Å². The Kier molecular flexibility index (Phi) is 3.33. The van der Waals surface area contributed by atoms with Crippen LogP contribution in [-0.2, 0) is 9.59 Å². The van der Waals surface area contributed by atoms with Gasteiger partial charge in [-0.15, -0.1) is 0 Å². The zero-order valence-corrected chi connectivity index (χ0v) is 10.2. The van der Waals surface area contributed by atoms with Gasteiger partial charge in [0.1, 0.15) is 6.04 Å². The first-order valence-corrected chi connectivity index (χ1v) is 5.80.